The van der Waals surface area contributed by atoms with Crippen molar-refractivity contribution >= 4 is 97.0 Å². The molecule has 0 N–H and O–H groups in total. The number of benzene rings is 24. The Bertz CT molecular complexity index is 8540. The number of fused-ring (bicyclic) bond motifs is 27. The third kappa shape index (κ3) is 13.0. The third-order valence-electron chi connectivity index (χ3n) is 27.9. The fourth-order valence-corrected chi connectivity index (χ4v) is 21.9. The van der Waals surface area contributed by atoms with Crippen LogP contribution in [-0.4, -0.2) is 0 Å². The van der Waals surface area contributed by atoms with E-state index < -0.39 is 0 Å². The van der Waals surface area contributed by atoms with Crippen LogP contribution < -0.4 is 0 Å². The number of hydrogen-bond donors (Lipinski definition) is 0. The van der Waals surface area contributed by atoms with Crippen molar-refractivity contribution < 1.29 is 0 Å². The largest absolute Gasteiger partial charge is 0.0622 e. The molecule has 24 aromatic carbocycles. The van der Waals surface area contributed by atoms with Gasteiger partial charge in [0.25, 0.3) is 0 Å². The molecule has 24 aromatic rings. The lowest BCUT2D eigenvalue weighted by molar-refractivity contribution is 1.26. The zero-order chi connectivity index (χ0) is 85.0. The molecule has 0 saturated heterocycles. The molecular weight excluding hydrogens is 1550 g/mol. The summed E-state index contributed by atoms with van der Waals surface area (Å²) in [6, 6.07) is 174. The minimum Gasteiger partial charge on any atom is -0.0622 e. The Labute approximate surface area is 750 Å². The van der Waals surface area contributed by atoms with Crippen LogP contribution in [0.4, 0.5) is 0 Å². The molecule has 0 radical (unpaired) electrons. The Balaban J connectivity index is 0.000000106. The molecule has 0 atom stereocenters. The highest BCUT2D eigenvalue weighted by molar-refractivity contribution is 6.29. The maximum absolute atomic E-state index is 2.45. The number of rotatable bonds is 9. The van der Waals surface area contributed by atoms with E-state index in [4.69, 9.17) is 0 Å². The summed E-state index contributed by atoms with van der Waals surface area (Å²) >= 11 is 0. The quantitative estimate of drug-likeness (QED) is 0.126. The van der Waals surface area contributed by atoms with Crippen LogP contribution in [0.25, 0.3) is 230 Å². The highest BCUT2D eigenvalue weighted by atomic mass is 14.3. The van der Waals surface area contributed by atoms with E-state index in [9.17, 15) is 0 Å². The maximum atomic E-state index is 2.45. The molecule has 0 heteroatoms. The summed E-state index contributed by atoms with van der Waals surface area (Å²) < 4.78 is 0. The van der Waals surface area contributed by atoms with Gasteiger partial charge in [0.15, 0.2) is 0 Å². The Morgan fingerprint density at radius 2 is 0.341 bits per heavy atom. The zero-order valence-corrected chi connectivity index (χ0v) is 71.2. The van der Waals surface area contributed by atoms with Crippen LogP contribution in [-0.2, 0) is 19.3 Å². The first-order chi connectivity index (χ1) is 64.0. The van der Waals surface area contributed by atoms with Crippen molar-refractivity contribution in [3.05, 3.63) is 507 Å². The fourth-order valence-electron chi connectivity index (χ4n) is 21.9. The molecule has 0 spiro atoms. The van der Waals surface area contributed by atoms with Crippen molar-refractivity contribution in [3.8, 4) is 134 Å². The van der Waals surface area contributed by atoms with Crippen LogP contribution in [0, 0.1) is 0 Å². The van der Waals surface area contributed by atoms with Gasteiger partial charge in [0, 0.05) is 0 Å². The first-order valence-electron chi connectivity index (χ1n) is 45.2. The second-order valence-electron chi connectivity index (χ2n) is 35.0. The minimum atomic E-state index is 0.894. The van der Waals surface area contributed by atoms with Gasteiger partial charge in [0.2, 0.25) is 0 Å². The van der Waals surface area contributed by atoms with Gasteiger partial charge in [0.05, 0.1) is 0 Å². The van der Waals surface area contributed by atoms with E-state index in [0.29, 0.717) is 0 Å². The topological polar surface area (TPSA) is 0 Å². The molecule has 0 aliphatic heterocycles. The van der Waals surface area contributed by atoms with Crippen molar-refractivity contribution in [2.45, 2.75) is 19.3 Å². The number of hydrogen-bond acceptors (Lipinski definition) is 0. The standard InChI is InChI=1S/C49H32.C43H28.C37H24/c1-4-14-32(15-5-1)36-27-43(34-18-8-3-9-19-34)48-31-49-44(28-37(30-47(49)46(48)29-36)33-16-6-2-7-17-33)35-24-25-42-40-22-11-10-20-38(40)39-21-12-13-23-41(39)45(42)26-35;1-3-11-28(12-4-1)30-19-20-31-25-42-40(26-33(27-43(42)39(31)23-30)29-13-5-2-6-14-29)32-21-22-38-36-17-8-7-15-34(36)35-16-9-10-18-37(35)41(38)24-32;1-2-10-24(11-3-1)27-17-9-19-34-35(27)23-26-12-8-18-28(37(26)34)25-20-21-33-31-15-5-4-13-29(31)30-14-6-7-16-32(30)36(33)22-25/h1-30H,31H2;1-24,26-27H,25H2;1-22H,23H2. The van der Waals surface area contributed by atoms with Crippen molar-refractivity contribution in [3.63, 3.8) is 0 Å². The molecule has 0 nitrogen and oxygen atoms in total. The van der Waals surface area contributed by atoms with Gasteiger partial charge in [-0.25, -0.2) is 0 Å². The highest BCUT2D eigenvalue weighted by Gasteiger charge is 2.31. The van der Waals surface area contributed by atoms with Gasteiger partial charge in [-0.05, 0) is 344 Å². The molecule has 600 valence electrons. The van der Waals surface area contributed by atoms with Gasteiger partial charge in [-0.15, -0.1) is 0 Å². The summed E-state index contributed by atoms with van der Waals surface area (Å²) in [6.07, 6.45) is 2.82. The SMILES string of the molecule is c1ccc(-c2cc(-c3ccccc3)c3c(c2)-c2cc(-c4ccccc4)cc(-c4ccc5c6ccccc6c6ccccc6c5c4)c2C3)cc1.c1ccc(-c2ccc3c(c2)-c2cc(-c4ccccc4)cc(-c4ccc5c6ccccc6c6ccccc6c5c4)c2C3)cc1.c1ccc(-c2cccc3c2Cc2cccc(-c4ccc5c6ccccc6c6ccccc6c5c4)c2-3)cc1. The van der Waals surface area contributed by atoms with Crippen molar-refractivity contribution in [1.82, 2.24) is 0 Å². The van der Waals surface area contributed by atoms with E-state index in [1.54, 1.807) is 0 Å². The predicted octanol–water partition coefficient (Wildman–Crippen LogP) is 35.2. The van der Waals surface area contributed by atoms with Crippen LogP contribution >= 0.6 is 0 Å². The molecule has 0 heterocycles. The van der Waals surface area contributed by atoms with E-state index in [0.717, 1.165) is 19.3 Å². The first-order valence-corrected chi connectivity index (χ1v) is 45.2. The molecule has 0 aromatic heterocycles. The Kier molecular flexibility index (Phi) is 18.3. The lowest BCUT2D eigenvalue weighted by Crippen LogP contribution is -1.92. The van der Waals surface area contributed by atoms with Gasteiger partial charge >= 0.3 is 0 Å². The smallest absolute Gasteiger partial charge is 0.000110 e. The second kappa shape index (κ2) is 31.4. The Morgan fingerprint density at radius 3 is 0.721 bits per heavy atom. The lowest BCUT2D eigenvalue weighted by atomic mass is 9.88. The molecule has 0 unspecified atom stereocenters. The van der Waals surface area contributed by atoms with Crippen LogP contribution in [0.15, 0.2) is 473 Å². The van der Waals surface area contributed by atoms with Crippen LogP contribution in [0.3, 0.4) is 0 Å². The van der Waals surface area contributed by atoms with Crippen LogP contribution in [0.5, 0.6) is 0 Å². The average molecular weight is 1630 g/mol. The Morgan fingerprint density at radius 1 is 0.101 bits per heavy atom. The maximum Gasteiger partial charge on any atom is -0.000110 e. The van der Waals surface area contributed by atoms with Gasteiger partial charge in [-0.1, -0.05) is 413 Å². The van der Waals surface area contributed by atoms with Crippen molar-refractivity contribution in [2.24, 2.45) is 0 Å². The Hall–Kier alpha value is -16.4. The van der Waals surface area contributed by atoms with E-state index >= 15 is 0 Å². The van der Waals surface area contributed by atoms with E-state index in [1.807, 2.05) is 0 Å². The molecule has 3 aliphatic carbocycles. The van der Waals surface area contributed by atoms with Crippen LogP contribution in [0.2, 0.25) is 0 Å². The average Bonchev–Trinajstić information content (AvgIpc) is 1.72. The highest BCUT2D eigenvalue weighted by Crippen LogP contribution is 2.54. The third-order valence-corrected chi connectivity index (χ3v) is 27.9. The van der Waals surface area contributed by atoms with Gasteiger partial charge in [0.1, 0.15) is 0 Å². The van der Waals surface area contributed by atoms with Crippen LogP contribution in [0.1, 0.15) is 33.4 Å². The molecule has 129 heavy (non-hydrogen) atoms. The molecular formula is C129H84. The summed E-state index contributed by atoms with van der Waals surface area (Å²) in [5.41, 5.74) is 39.6. The predicted molar refractivity (Wildman–Crippen MR) is 551 cm³/mol. The minimum absolute atomic E-state index is 0.894. The summed E-state index contributed by atoms with van der Waals surface area (Å²) in [7, 11) is 0. The monoisotopic (exact) mass is 1630 g/mol. The van der Waals surface area contributed by atoms with Gasteiger partial charge in [-0.3, -0.25) is 0 Å². The van der Waals surface area contributed by atoms with Crippen molar-refractivity contribution in [1.29, 1.82) is 0 Å². The summed E-state index contributed by atoms with van der Waals surface area (Å²) in [5, 5.41) is 23.6. The molecule has 0 fully saturated rings. The van der Waals surface area contributed by atoms with E-state index in [-0.39, 0.29) is 0 Å². The summed E-state index contributed by atoms with van der Waals surface area (Å²) in [5.74, 6) is 0. The molecule has 27 rings (SSSR count). The summed E-state index contributed by atoms with van der Waals surface area (Å²) in [6.45, 7) is 0. The van der Waals surface area contributed by atoms with Gasteiger partial charge in [-0.2, -0.15) is 0 Å². The molecule has 0 bridgehead atoms. The lowest BCUT2D eigenvalue weighted by Gasteiger charge is -2.16. The zero-order valence-electron chi connectivity index (χ0n) is 71.2. The second-order valence-corrected chi connectivity index (χ2v) is 35.0. The first kappa shape index (κ1) is 75.2. The van der Waals surface area contributed by atoms with Crippen molar-refractivity contribution in [2.75, 3.05) is 0 Å². The molecule has 3 aliphatic rings. The molecule has 0 saturated carbocycles. The fraction of sp³-hybridized carbons (Fsp3) is 0.0233. The normalized spacial score (nSPS) is 12.1. The van der Waals surface area contributed by atoms with Gasteiger partial charge < -0.3 is 0 Å². The van der Waals surface area contributed by atoms with E-state index in [1.165, 1.54) is 264 Å². The molecule has 0 amide bonds. The summed E-state index contributed by atoms with van der Waals surface area (Å²) in [4.78, 5) is 0. The van der Waals surface area contributed by atoms with E-state index in [2.05, 4.69) is 473 Å².